The van der Waals surface area contributed by atoms with Gasteiger partial charge in [-0.3, -0.25) is 9.59 Å². The van der Waals surface area contributed by atoms with Gasteiger partial charge < -0.3 is 19.9 Å². The third-order valence-electron chi connectivity index (χ3n) is 8.27. The third-order valence-corrected chi connectivity index (χ3v) is 8.27. The minimum Gasteiger partial charge on any atom is -0.481 e. The number of piperidine rings is 2. The van der Waals surface area contributed by atoms with Gasteiger partial charge in [0.05, 0.1) is 5.92 Å². The Morgan fingerprint density at radius 3 is 2.33 bits per heavy atom. The van der Waals surface area contributed by atoms with Crippen molar-refractivity contribution in [1.29, 1.82) is 0 Å². The Bertz CT molecular complexity index is 1350. The summed E-state index contributed by atoms with van der Waals surface area (Å²) in [7, 11) is 0. The number of benzene rings is 2. The zero-order chi connectivity index (χ0) is 27.5. The molecule has 0 radical (unpaired) electrons. The molecular formula is C30H32F3N3O3. The van der Waals surface area contributed by atoms with E-state index in [0.29, 0.717) is 38.4 Å². The Labute approximate surface area is 225 Å². The van der Waals surface area contributed by atoms with Crippen LogP contribution in [0, 0.1) is 29.3 Å². The first-order chi connectivity index (χ1) is 18.8. The number of hydrogen-bond donors (Lipinski definition) is 2. The maximum atomic E-state index is 13.4. The Balaban J connectivity index is 1.13. The molecule has 2 fully saturated rings. The van der Waals surface area contributed by atoms with E-state index in [0.717, 1.165) is 43.6 Å². The Morgan fingerprint density at radius 1 is 1.00 bits per heavy atom. The van der Waals surface area contributed by atoms with Gasteiger partial charge in [0.2, 0.25) is 5.91 Å². The molecule has 9 heteroatoms. The number of likely N-dealkylation sites (tertiary alicyclic amines) is 2. The Hall–Kier alpha value is -3.59. The zero-order valence-corrected chi connectivity index (χ0v) is 21.6. The van der Waals surface area contributed by atoms with Gasteiger partial charge in [-0.05, 0) is 86.0 Å². The molecule has 0 saturated carbocycles. The van der Waals surface area contributed by atoms with Gasteiger partial charge in [-0.2, -0.15) is 0 Å². The lowest BCUT2D eigenvalue weighted by molar-refractivity contribution is -0.145. The highest BCUT2D eigenvalue weighted by atomic mass is 19.2. The van der Waals surface area contributed by atoms with Crippen molar-refractivity contribution in [3.8, 4) is 0 Å². The van der Waals surface area contributed by atoms with E-state index in [-0.39, 0.29) is 17.4 Å². The molecule has 2 aliphatic rings. The second-order valence-corrected chi connectivity index (χ2v) is 10.6. The van der Waals surface area contributed by atoms with Crippen molar-refractivity contribution < 1.29 is 27.9 Å². The minimum atomic E-state index is -1.55. The van der Waals surface area contributed by atoms with Crippen molar-refractivity contribution in [2.45, 2.75) is 31.6 Å². The molecule has 1 atom stereocenters. The molecule has 1 unspecified atom stereocenters. The highest BCUT2D eigenvalue weighted by molar-refractivity contribution is 5.91. The molecule has 3 aromatic rings. The second-order valence-electron chi connectivity index (χ2n) is 10.6. The lowest BCUT2D eigenvalue weighted by Gasteiger charge is -2.38. The van der Waals surface area contributed by atoms with E-state index in [4.69, 9.17) is 0 Å². The molecule has 2 saturated heterocycles. The summed E-state index contributed by atoms with van der Waals surface area (Å²) in [6, 6.07) is 9.95. The van der Waals surface area contributed by atoms with E-state index in [2.05, 4.69) is 34.3 Å². The van der Waals surface area contributed by atoms with Crippen molar-refractivity contribution in [3.63, 3.8) is 0 Å². The van der Waals surface area contributed by atoms with E-state index < -0.39 is 29.3 Å². The number of aromatic amines is 1. The SMILES string of the molecule is O=C(O)C(CN1CCC(c2c[nH]c3ccccc23)CC1)C1CCN(C(=O)/C=C/c2cc(F)c(F)c(F)c2)CC1. The highest BCUT2D eigenvalue weighted by Gasteiger charge is 2.34. The summed E-state index contributed by atoms with van der Waals surface area (Å²) in [5.74, 6) is -5.41. The summed E-state index contributed by atoms with van der Waals surface area (Å²) >= 11 is 0. The van der Waals surface area contributed by atoms with E-state index in [1.165, 1.54) is 23.1 Å². The van der Waals surface area contributed by atoms with Gasteiger partial charge >= 0.3 is 5.97 Å². The average Bonchev–Trinajstić information content (AvgIpc) is 3.38. The molecule has 6 nitrogen and oxygen atoms in total. The fourth-order valence-electron chi connectivity index (χ4n) is 6.03. The molecule has 5 rings (SSSR count). The number of nitrogens with one attached hydrogen (secondary N) is 1. The van der Waals surface area contributed by atoms with E-state index in [1.807, 2.05) is 6.07 Å². The molecule has 3 heterocycles. The predicted octanol–water partition coefficient (Wildman–Crippen LogP) is 5.42. The highest BCUT2D eigenvalue weighted by Crippen LogP contribution is 2.34. The first-order valence-electron chi connectivity index (χ1n) is 13.4. The van der Waals surface area contributed by atoms with Crippen LogP contribution < -0.4 is 0 Å². The number of carboxylic acids is 1. The molecule has 1 aromatic heterocycles. The number of para-hydroxylation sites is 1. The van der Waals surface area contributed by atoms with Crippen molar-refractivity contribution in [3.05, 3.63) is 77.2 Å². The van der Waals surface area contributed by atoms with Crippen molar-refractivity contribution in [1.82, 2.24) is 14.8 Å². The summed E-state index contributed by atoms with van der Waals surface area (Å²) in [4.78, 5) is 32.0. The molecule has 0 spiro atoms. The number of halogens is 3. The number of hydrogen-bond acceptors (Lipinski definition) is 3. The van der Waals surface area contributed by atoms with Gasteiger partial charge in [0, 0.05) is 42.8 Å². The fraction of sp³-hybridized carbons (Fsp3) is 0.400. The van der Waals surface area contributed by atoms with Crippen LogP contribution in [0.3, 0.4) is 0 Å². The molecule has 39 heavy (non-hydrogen) atoms. The van der Waals surface area contributed by atoms with Crippen LogP contribution in [0.5, 0.6) is 0 Å². The molecule has 206 valence electrons. The van der Waals surface area contributed by atoms with Crippen LogP contribution >= 0.6 is 0 Å². The summed E-state index contributed by atoms with van der Waals surface area (Å²) < 4.78 is 40.0. The van der Waals surface area contributed by atoms with Crippen LogP contribution in [0.2, 0.25) is 0 Å². The zero-order valence-electron chi connectivity index (χ0n) is 21.6. The lowest BCUT2D eigenvalue weighted by atomic mass is 9.82. The largest absolute Gasteiger partial charge is 0.481 e. The Kier molecular flexibility index (Phi) is 8.07. The number of aliphatic carboxylic acids is 1. The number of rotatable bonds is 7. The summed E-state index contributed by atoms with van der Waals surface area (Å²) in [5, 5.41) is 11.3. The number of carbonyl (C=O) groups excluding carboxylic acids is 1. The summed E-state index contributed by atoms with van der Waals surface area (Å²) in [6.45, 7) is 3.01. The lowest BCUT2D eigenvalue weighted by Crippen LogP contribution is -2.45. The normalized spacial score (nSPS) is 18.7. The summed E-state index contributed by atoms with van der Waals surface area (Å²) in [5.41, 5.74) is 2.52. The predicted molar refractivity (Wildman–Crippen MR) is 142 cm³/mol. The number of amides is 1. The number of carboxylic acid groups (broad SMARTS) is 1. The minimum absolute atomic E-state index is 0.0397. The number of fused-ring (bicyclic) bond motifs is 1. The van der Waals surface area contributed by atoms with Gasteiger partial charge in [-0.1, -0.05) is 18.2 Å². The maximum absolute atomic E-state index is 13.4. The van der Waals surface area contributed by atoms with E-state index >= 15 is 0 Å². The van der Waals surface area contributed by atoms with Crippen LogP contribution in [0.4, 0.5) is 13.2 Å². The average molecular weight is 540 g/mol. The molecule has 0 bridgehead atoms. The maximum Gasteiger partial charge on any atom is 0.308 e. The van der Waals surface area contributed by atoms with E-state index in [1.54, 1.807) is 4.90 Å². The monoisotopic (exact) mass is 539 g/mol. The molecule has 2 N–H and O–H groups in total. The van der Waals surface area contributed by atoms with Crippen LogP contribution in [0.15, 0.2) is 48.7 Å². The standard InChI is InChI=1S/C30H32F3N3O3/c31-25-15-19(16-26(32)29(25)33)5-6-28(37)36-13-9-21(10-14-36)24(30(38)39)18-35-11-7-20(8-12-35)23-17-34-27-4-2-1-3-22(23)27/h1-6,15-17,20-21,24,34H,7-14,18H2,(H,38,39)/b6-5+. The quantitative estimate of drug-likeness (QED) is 0.311. The van der Waals surface area contributed by atoms with Gasteiger partial charge in [0.25, 0.3) is 0 Å². The van der Waals surface area contributed by atoms with Gasteiger partial charge in [0.15, 0.2) is 17.5 Å². The van der Waals surface area contributed by atoms with Gasteiger partial charge in [-0.15, -0.1) is 0 Å². The third kappa shape index (κ3) is 6.03. The van der Waals surface area contributed by atoms with Crippen LogP contribution in [0.1, 0.15) is 42.7 Å². The number of H-pyrrole nitrogens is 1. The molecular weight excluding hydrogens is 507 g/mol. The molecule has 2 aliphatic heterocycles. The first kappa shape index (κ1) is 27.0. The summed E-state index contributed by atoms with van der Waals surface area (Å²) in [6.07, 6.45) is 7.67. The Morgan fingerprint density at radius 2 is 1.67 bits per heavy atom. The van der Waals surface area contributed by atoms with Crippen LogP contribution in [-0.4, -0.2) is 64.5 Å². The number of aromatic nitrogens is 1. The fourth-order valence-corrected chi connectivity index (χ4v) is 6.03. The van der Waals surface area contributed by atoms with Crippen molar-refractivity contribution in [2.24, 2.45) is 11.8 Å². The molecule has 1 amide bonds. The van der Waals surface area contributed by atoms with Crippen molar-refractivity contribution in [2.75, 3.05) is 32.7 Å². The van der Waals surface area contributed by atoms with Crippen LogP contribution in [0.25, 0.3) is 17.0 Å². The molecule has 0 aliphatic carbocycles. The first-order valence-corrected chi connectivity index (χ1v) is 13.4. The molecule has 2 aromatic carbocycles. The smallest absolute Gasteiger partial charge is 0.308 e. The number of nitrogens with zero attached hydrogens (tertiary/aromatic N) is 2. The van der Waals surface area contributed by atoms with Gasteiger partial charge in [-0.25, -0.2) is 13.2 Å². The van der Waals surface area contributed by atoms with Crippen LogP contribution in [-0.2, 0) is 9.59 Å². The van der Waals surface area contributed by atoms with Gasteiger partial charge in [0.1, 0.15) is 0 Å². The van der Waals surface area contributed by atoms with E-state index in [9.17, 15) is 27.9 Å². The second kappa shape index (κ2) is 11.7. The number of carbonyl (C=O) groups is 2. The topological polar surface area (TPSA) is 76.6 Å². The van der Waals surface area contributed by atoms with Crippen molar-refractivity contribution >= 4 is 28.9 Å².